The number of carbonyl (C=O) groups excluding carboxylic acids is 2. The normalized spacial score (nSPS) is 43.1. The minimum absolute atomic E-state index is 0.000148. The van der Waals surface area contributed by atoms with Crippen LogP contribution in [0.25, 0.3) is 0 Å². The van der Waals surface area contributed by atoms with E-state index in [0.717, 1.165) is 0 Å². The van der Waals surface area contributed by atoms with Crippen LogP contribution in [0.4, 0.5) is 0 Å². The molecule has 0 aromatic rings. The SMILES string of the molecule is C/C(=C\C(O)CC(C)C1CC(O)C2(C)C3=C(C(=O)CC12C)C1(C)CCC(=O)C(C)(C)C1CC3O)C(=O)O. The molecule has 2 fully saturated rings. The molecular weight excluding hydrogens is 472 g/mol. The molecule has 2 saturated carbocycles. The maximum absolute atomic E-state index is 14.1. The van der Waals surface area contributed by atoms with E-state index in [9.17, 15) is 29.7 Å². The van der Waals surface area contributed by atoms with E-state index < -0.39 is 45.9 Å². The van der Waals surface area contributed by atoms with Gasteiger partial charge < -0.3 is 20.4 Å². The molecule has 0 spiro atoms. The fourth-order valence-corrected chi connectivity index (χ4v) is 9.16. The third-order valence-corrected chi connectivity index (χ3v) is 11.5. The summed E-state index contributed by atoms with van der Waals surface area (Å²) < 4.78 is 0. The Hall–Kier alpha value is -1.83. The summed E-state index contributed by atoms with van der Waals surface area (Å²) in [5, 5.41) is 43.0. The molecule has 0 heterocycles. The third-order valence-electron chi connectivity index (χ3n) is 11.5. The second kappa shape index (κ2) is 8.85. The van der Waals surface area contributed by atoms with Crippen LogP contribution >= 0.6 is 0 Å². The summed E-state index contributed by atoms with van der Waals surface area (Å²) in [5.41, 5.74) is -1.26. The van der Waals surface area contributed by atoms with Gasteiger partial charge in [0.15, 0.2) is 5.78 Å². The standard InChI is InChI=1S/C30H44O7/c1-15(10-17(31)11-16(2)26(36)37)18-12-23(35)30(7)25-19(32)13-21-27(3,4)22(34)8-9-28(21,5)24(25)20(33)14-29(18,30)6/h11,15,17-19,21,23,31-32,35H,8-10,12-14H2,1-7H3,(H,36,37)/b16-11+. The monoisotopic (exact) mass is 516 g/mol. The Bertz CT molecular complexity index is 1090. The number of carboxylic acids is 1. The van der Waals surface area contributed by atoms with Gasteiger partial charge in [0, 0.05) is 40.2 Å². The summed E-state index contributed by atoms with van der Waals surface area (Å²) in [5.74, 6) is -1.27. The Kier molecular flexibility index (Phi) is 6.74. The number of carbonyl (C=O) groups is 3. The number of ketones is 2. The fourth-order valence-electron chi connectivity index (χ4n) is 9.16. The highest BCUT2D eigenvalue weighted by molar-refractivity contribution is 6.01. The molecule has 4 aliphatic rings. The summed E-state index contributed by atoms with van der Waals surface area (Å²) in [6, 6.07) is 0. The first kappa shape index (κ1) is 28.2. The van der Waals surface area contributed by atoms with Crippen molar-refractivity contribution in [3.8, 4) is 0 Å². The highest BCUT2D eigenvalue weighted by Gasteiger charge is 2.70. The van der Waals surface area contributed by atoms with Gasteiger partial charge in [0.05, 0.1) is 18.3 Å². The third kappa shape index (κ3) is 3.82. The lowest BCUT2D eigenvalue weighted by Gasteiger charge is -2.61. The lowest BCUT2D eigenvalue weighted by atomic mass is 9.42. The zero-order valence-corrected chi connectivity index (χ0v) is 23.3. The Balaban J connectivity index is 1.77. The van der Waals surface area contributed by atoms with E-state index >= 15 is 0 Å². The molecule has 0 saturated heterocycles. The predicted octanol–water partition coefficient (Wildman–Crippen LogP) is 3.84. The van der Waals surface area contributed by atoms with Crippen molar-refractivity contribution in [2.45, 2.75) is 105 Å². The van der Waals surface area contributed by atoms with Crippen LogP contribution in [0.1, 0.15) is 87.0 Å². The summed E-state index contributed by atoms with van der Waals surface area (Å²) in [4.78, 5) is 38.1. The number of hydrogen-bond donors (Lipinski definition) is 4. The molecule has 0 bridgehead atoms. The van der Waals surface area contributed by atoms with E-state index in [4.69, 9.17) is 5.11 Å². The largest absolute Gasteiger partial charge is 0.478 e. The number of carboxylic acid groups (broad SMARTS) is 1. The van der Waals surface area contributed by atoms with Crippen LogP contribution in [0.15, 0.2) is 22.8 Å². The number of Topliss-reactive ketones (excluding diaryl/α,β-unsaturated/α-hetero) is 2. The van der Waals surface area contributed by atoms with Crippen LogP contribution in [-0.4, -0.2) is 56.3 Å². The minimum Gasteiger partial charge on any atom is -0.478 e. The maximum atomic E-state index is 14.1. The van der Waals surface area contributed by atoms with Crippen molar-refractivity contribution in [1.29, 1.82) is 0 Å². The molecule has 0 radical (unpaired) electrons. The van der Waals surface area contributed by atoms with Gasteiger partial charge in [0.2, 0.25) is 0 Å². The second-order valence-electron chi connectivity index (χ2n) is 13.7. The highest BCUT2D eigenvalue weighted by Crippen LogP contribution is 2.71. The molecule has 4 aliphatic carbocycles. The van der Waals surface area contributed by atoms with E-state index in [1.165, 1.54) is 13.0 Å². The van der Waals surface area contributed by atoms with Crippen molar-refractivity contribution in [2.24, 2.45) is 39.4 Å². The number of hydrogen-bond acceptors (Lipinski definition) is 6. The zero-order chi connectivity index (χ0) is 27.9. The number of rotatable bonds is 5. The molecule has 0 amide bonds. The highest BCUT2D eigenvalue weighted by atomic mass is 16.4. The summed E-state index contributed by atoms with van der Waals surface area (Å²) in [7, 11) is 0. The van der Waals surface area contributed by atoms with Gasteiger partial charge in [-0.15, -0.1) is 0 Å². The van der Waals surface area contributed by atoms with Gasteiger partial charge in [-0.05, 0) is 67.4 Å². The number of fused-ring (bicyclic) bond motifs is 4. The molecule has 206 valence electrons. The van der Waals surface area contributed by atoms with E-state index in [1.54, 1.807) is 0 Å². The van der Waals surface area contributed by atoms with Gasteiger partial charge in [0.25, 0.3) is 0 Å². The first-order chi connectivity index (χ1) is 16.9. The smallest absolute Gasteiger partial charge is 0.331 e. The van der Waals surface area contributed by atoms with Crippen LogP contribution in [-0.2, 0) is 14.4 Å². The summed E-state index contributed by atoms with van der Waals surface area (Å²) in [6.07, 6.45) is 1.04. The Labute approximate surface area is 220 Å². The molecule has 4 rings (SSSR count). The second-order valence-corrected chi connectivity index (χ2v) is 13.7. The maximum Gasteiger partial charge on any atom is 0.331 e. The number of aliphatic carboxylic acids is 1. The predicted molar refractivity (Wildman–Crippen MR) is 138 cm³/mol. The van der Waals surface area contributed by atoms with Crippen molar-refractivity contribution in [3.05, 3.63) is 22.8 Å². The van der Waals surface area contributed by atoms with Crippen LogP contribution in [0, 0.1) is 39.4 Å². The van der Waals surface area contributed by atoms with Crippen LogP contribution in [0.2, 0.25) is 0 Å². The van der Waals surface area contributed by atoms with E-state index in [0.29, 0.717) is 43.3 Å². The van der Waals surface area contributed by atoms with Gasteiger partial charge >= 0.3 is 5.97 Å². The van der Waals surface area contributed by atoms with E-state index in [1.807, 2.05) is 34.6 Å². The van der Waals surface area contributed by atoms with Crippen molar-refractivity contribution in [3.63, 3.8) is 0 Å². The topological polar surface area (TPSA) is 132 Å². The first-order valence-corrected chi connectivity index (χ1v) is 13.7. The average Bonchev–Trinajstić information content (AvgIpc) is 2.99. The molecule has 7 nitrogen and oxygen atoms in total. The number of aliphatic hydroxyl groups is 3. The Morgan fingerprint density at radius 2 is 1.73 bits per heavy atom. The van der Waals surface area contributed by atoms with Crippen LogP contribution in [0.5, 0.6) is 0 Å². The van der Waals surface area contributed by atoms with Crippen molar-refractivity contribution >= 4 is 17.5 Å². The van der Waals surface area contributed by atoms with Gasteiger partial charge in [-0.3, -0.25) is 9.59 Å². The van der Waals surface area contributed by atoms with Crippen LogP contribution in [0.3, 0.4) is 0 Å². The van der Waals surface area contributed by atoms with Crippen LogP contribution < -0.4 is 0 Å². The number of allylic oxidation sites excluding steroid dienone is 1. The molecule has 7 heteroatoms. The van der Waals surface area contributed by atoms with E-state index in [2.05, 4.69) is 6.92 Å². The van der Waals surface area contributed by atoms with Crippen molar-refractivity contribution in [1.82, 2.24) is 0 Å². The first-order valence-electron chi connectivity index (χ1n) is 13.7. The number of aliphatic hydroxyl groups excluding tert-OH is 3. The molecule has 37 heavy (non-hydrogen) atoms. The Morgan fingerprint density at radius 3 is 2.32 bits per heavy atom. The van der Waals surface area contributed by atoms with Gasteiger partial charge in [-0.25, -0.2) is 4.79 Å². The lowest BCUT2D eigenvalue weighted by Crippen LogP contribution is -2.60. The average molecular weight is 517 g/mol. The molecule has 0 aliphatic heterocycles. The van der Waals surface area contributed by atoms with Gasteiger partial charge in [-0.1, -0.05) is 41.5 Å². The Morgan fingerprint density at radius 1 is 1.11 bits per heavy atom. The fraction of sp³-hybridized carbons (Fsp3) is 0.767. The molecule has 0 aromatic heterocycles. The molecule has 4 N–H and O–H groups in total. The molecular formula is C30H44O7. The molecule has 9 atom stereocenters. The van der Waals surface area contributed by atoms with Gasteiger partial charge in [0.1, 0.15) is 5.78 Å². The minimum atomic E-state index is -1.08. The quantitative estimate of drug-likeness (QED) is 0.408. The van der Waals surface area contributed by atoms with E-state index in [-0.39, 0.29) is 41.3 Å². The lowest BCUT2D eigenvalue weighted by molar-refractivity contribution is -0.146. The summed E-state index contributed by atoms with van der Waals surface area (Å²) >= 11 is 0. The van der Waals surface area contributed by atoms with Crippen molar-refractivity contribution in [2.75, 3.05) is 0 Å². The van der Waals surface area contributed by atoms with Gasteiger partial charge in [-0.2, -0.15) is 0 Å². The van der Waals surface area contributed by atoms with Crippen molar-refractivity contribution < 1.29 is 34.8 Å². The molecule has 9 unspecified atom stereocenters. The zero-order valence-electron chi connectivity index (χ0n) is 23.3. The molecule has 0 aromatic carbocycles. The summed E-state index contributed by atoms with van der Waals surface area (Å²) in [6.45, 7) is 13.4.